The van der Waals surface area contributed by atoms with Gasteiger partial charge in [-0.15, -0.1) is 0 Å². The van der Waals surface area contributed by atoms with E-state index < -0.39 is 28.0 Å². The van der Waals surface area contributed by atoms with Gasteiger partial charge in [-0.3, -0.25) is 4.79 Å². The van der Waals surface area contributed by atoms with E-state index in [0.717, 1.165) is 11.6 Å². The second-order valence-corrected chi connectivity index (χ2v) is 9.29. The lowest BCUT2D eigenvalue weighted by Gasteiger charge is -2.20. The Morgan fingerprint density at radius 2 is 1.78 bits per heavy atom. The summed E-state index contributed by atoms with van der Waals surface area (Å²) in [7, 11) is -2.40. The van der Waals surface area contributed by atoms with E-state index in [1.807, 2.05) is 13.0 Å². The summed E-state index contributed by atoms with van der Waals surface area (Å²) >= 11 is 6.10. The van der Waals surface area contributed by atoms with Gasteiger partial charge in [0.1, 0.15) is 10.6 Å². The Bertz CT molecular complexity index is 1100. The quantitative estimate of drug-likeness (QED) is 0.544. The van der Waals surface area contributed by atoms with Gasteiger partial charge < -0.3 is 14.8 Å². The van der Waals surface area contributed by atoms with E-state index in [-0.39, 0.29) is 28.6 Å². The van der Waals surface area contributed by atoms with E-state index in [4.69, 9.17) is 21.1 Å². The number of ether oxygens (including phenoxy) is 2. The van der Waals surface area contributed by atoms with Crippen molar-refractivity contribution in [1.29, 1.82) is 0 Å². The Labute approximate surface area is 193 Å². The van der Waals surface area contributed by atoms with Crippen LogP contribution in [-0.2, 0) is 19.6 Å². The standard InChI is InChI=1S/C22H27ClN2O6S/c1-6-25(7-2)32(28,29)20-13-16(9-10-17(20)23)22(27)31-15(4)21(26)24-18-12-14(3)8-11-19(18)30-5/h8-13,15H,6-7H2,1-5H3,(H,24,26). The minimum atomic E-state index is -3.88. The molecule has 0 aliphatic heterocycles. The molecule has 2 rings (SSSR count). The lowest BCUT2D eigenvalue weighted by atomic mass is 10.2. The summed E-state index contributed by atoms with van der Waals surface area (Å²) in [5.74, 6) is -0.949. The van der Waals surface area contributed by atoms with Gasteiger partial charge in [-0.05, 0) is 49.7 Å². The first-order valence-corrected chi connectivity index (χ1v) is 11.8. The van der Waals surface area contributed by atoms with Gasteiger partial charge in [-0.25, -0.2) is 13.2 Å². The number of nitrogens with one attached hydrogen (secondary N) is 1. The zero-order valence-electron chi connectivity index (χ0n) is 18.6. The van der Waals surface area contributed by atoms with Gasteiger partial charge in [-0.1, -0.05) is 31.5 Å². The second-order valence-electron chi connectivity index (χ2n) is 6.98. The van der Waals surface area contributed by atoms with Crippen molar-refractivity contribution in [3.8, 4) is 5.75 Å². The van der Waals surface area contributed by atoms with Crippen LogP contribution in [0.3, 0.4) is 0 Å². The summed E-state index contributed by atoms with van der Waals surface area (Å²) in [4.78, 5) is 25.0. The van der Waals surface area contributed by atoms with Crippen molar-refractivity contribution in [1.82, 2.24) is 4.31 Å². The number of hydrogen-bond donors (Lipinski definition) is 1. The Morgan fingerprint density at radius 1 is 1.12 bits per heavy atom. The fraction of sp³-hybridized carbons (Fsp3) is 0.364. The average molecular weight is 483 g/mol. The Hall–Kier alpha value is -2.62. The summed E-state index contributed by atoms with van der Waals surface area (Å²) in [5.41, 5.74) is 1.32. The molecule has 10 heteroatoms. The number of rotatable bonds is 9. The normalized spacial score (nSPS) is 12.3. The van der Waals surface area contributed by atoms with E-state index in [1.54, 1.807) is 26.0 Å². The lowest BCUT2D eigenvalue weighted by molar-refractivity contribution is -0.123. The first-order valence-electron chi connectivity index (χ1n) is 10.0. The highest BCUT2D eigenvalue weighted by molar-refractivity contribution is 7.89. The molecule has 0 heterocycles. The summed E-state index contributed by atoms with van der Waals surface area (Å²) in [5, 5.41) is 2.66. The van der Waals surface area contributed by atoms with E-state index in [9.17, 15) is 18.0 Å². The predicted octanol–water partition coefficient (Wildman–Crippen LogP) is 3.87. The third kappa shape index (κ3) is 5.79. The van der Waals surface area contributed by atoms with Crippen LogP contribution in [0.4, 0.5) is 5.69 Å². The minimum absolute atomic E-state index is 0.00853. The topological polar surface area (TPSA) is 102 Å². The first-order chi connectivity index (χ1) is 15.0. The maximum Gasteiger partial charge on any atom is 0.338 e. The molecule has 1 N–H and O–H groups in total. The molecule has 0 aliphatic rings. The molecule has 1 unspecified atom stereocenters. The van der Waals surface area contributed by atoms with Crippen LogP contribution in [0.2, 0.25) is 5.02 Å². The Morgan fingerprint density at radius 3 is 2.38 bits per heavy atom. The molecule has 0 spiro atoms. The molecule has 8 nitrogen and oxygen atoms in total. The summed E-state index contributed by atoms with van der Waals surface area (Å²) in [6, 6.07) is 9.11. The summed E-state index contributed by atoms with van der Waals surface area (Å²) in [6.45, 7) is 7.20. The van der Waals surface area contributed by atoms with E-state index in [2.05, 4.69) is 5.32 Å². The van der Waals surface area contributed by atoms with Crippen LogP contribution >= 0.6 is 11.6 Å². The fourth-order valence-electron chi connectivity index (χ4n) is 2.97. The van der Waals surface area contributed by atoms with Gasteiger partial charge in [0.15, 0.2) is 6.10 Å². The Kier molecular flexibility index (Phi) is 8.65. The number of amides is 1. The van der Waals surface area contributed by atoms with Crippen molar-refractivity contribution in [3.05, 3.63) is 52.5 Å². The number of hydrogen-bond acceptors (Lipinski definition) is 6. The number of aryl methyl sites for hydroxylation is 1. The van der Waals surface area contributed by atoms with Gasteiger partial charge in [0.25, 0.3) is 5.91 Å². The third-order valence-electron chi connectivity index (χ3n) is 4.76. The smallest absolute Gasteiger partial charge is 0.338 e. The molecule has 174 valence electrons. The molecule has 0 bridgehead atoms. The maximum absolute atomic E-state index is 12.8. The lowest BCUT2D eigenvalue weighted by Crippen LogP contribution is -2.31. The number of methoxy groups -OCH3 is 1. The second kappa shape index (κ2) is 10.8. The number of sulfonamides is 1. The van der Waals surface area contributed by atoms with Gasteiger partial charge >= 0.3 is 5.97 Å². The first kappa shape index (κ1) is 25.6. The maximum atomic E-state index is 12.8. The molecule has 0 aliphatic carbocycles. The molecule has 1 atom stereocenters. The largest absolute Gasteiger partial charge is 0.495 e. The third-order valence-corrected chi connectivity index (χ3v) is 7.29. The number of benzene rings is 2. The predicted molar refractivity (Wildman–Crippen MR) is 123 cm³/mol. The van der Waals surface area contributed by atoms with Crippen LogP contribution in [0.25, 0.3) is 0 Å². The molecule has 1 amide bonds. The Balaban J connectivity index is 2.20. The molecule has 0 saturated carbocycles. The van der Waals surface area contributed by atoms with Crippen LogP contribution in [0, 0.1) is 6.92 Å². The van der Waals surface area contributed by atoms with Crippen molar-refractivity contribution >= 4 is 39.2 Å². The van der Waals surface area contributed by atoms with Gasteiger partial charge in [-0.2, -0.15) is 4.31 Å². The molecular weight excluding hydrogens is 456 g/mol. The van der Waals surface area contributed by atoms with Crippen molar-refractivity contribution in [2.24, 2.45) is 0 Å². The number of halogens is 1. The molecular formula is C22H27ClN2O6S. The number of anilines is 1. The van der Waals surface area contributed by atoms with Crippen molar-refractivity contribution < 1.29 is 27.5 Å². The summed E-state index contributed by atoms with van der Waals surface area (Å²) in [6.07, 6.45) is -1.15. The number of carbonyl (C=O) groups excluding carboxylic acids is 2. The molecule has 0 fully saturated rings. The number of carbonyl (C=O) groups is 2. The van der Waals surface area contributed by atoms with Gasteiger partial charge in [0.2, 0.25) is 10.0 Å². The number of esters is 1. The highest BCUT2D eigenvalue weighted by Crippen LogP contribution is 2.27. The zero-order chi connectivity index (χ0) is 24.1. The van der Waals surface area contributed by atoms with E-state index in [1.165, 1.54) is 30.5 Å². The molecule has 2 aromatic rings. The van der Waals surface area contributed by atoms with Gasteiger partial charge in [0.05, 0.1) is 23.4 Å². The molecule has 0 aromatic heterocycles. The SMILES string of the molecule is CCN(CC)S(=O)(=O)c1cc(C(=O)OC(C)C(=O)Nc2cc(C)ccc2OC)ccc1Cl. The molecule has 32 heavy (non-hydrogen) atoms. The van der Waals surface area contributed by atoms with Crippen molar-refractivity contribution in [2.45, 2.75) is 38.7 Å². The van der Waals surface area contributed by atoms with Crippen molar-refractivity contribution in [2.75, 3.05) is 25.5 Å². The molecule has 0 radical (unpaired) electrons. The van der Waals surface area contributed by atoms with Crippen LogP contribution in [0.5, 0.6) is 5.75 Å². The monoisotopic (exact) mass is 482 g/mol. The highest BCUT2D eigenvalue weighted by atomic mass is 35.5. The van der Waals surface area contributed by atoms with Crippen LogP contribution < -0.4 is 10.1 Å². The van der Waals surface area contributed by atoms with Crippen LogP contribution in [0.1, 0.15) is 36.7 Å². The number of nitrogens with zero attached hydrogens (tertiary/aromatic N) is 1. The van der Waals surface area contributed by atoms with Crippen LogP contribution in [-0.4, -0.2) is 50.9 Å². The van der Waals surface area contributed by atoms with E-state index in [0.29, 0.717) is 11.4 Å². The van der Waals surface area contributed by atoms with Crippen LogP contribution in [0.15, 0.2) is 41.3 Å². The molecule has 0 saturated heterocycles. The van der Waals surface area contributed by atoms with Crippen molar-refractivity contribution in [3.63, 3.8) is 0 Å². The minimum Gasteiger partial charge on any atom is -0.495 e. The summed E-state index contributed by atoms with van der Waals surface area (Å²) < 4.78 is 37.4. The highest BCUT2D eigenvalue weighted by Gasteiger charge is 2.27. The van der Waals surface area contributed by atoms with E-state index >= 15 is 0 Å². The average Bonchev–Trinajstić information content (AvgIpc) is 2.74. The fourth-order valence-corrected chi connectivity index (χ4v) is 4.93. The molecule has 2 aromatic carbocycles. The van der Waals surface area contributed by atoms with Gasteiger partial charge in [0, 0.05) is 13.1 Å². The zero-order valence-corrected chi connectivity index (χ0v) is 20.2.